The number of aliphatic hydroxyl groups excluding tert-OH is 1. The Morgan fingerprint density at radius 2 is 1.76 bits per heavy atom. The number of aliphatic hydroxyl groups is 1. The van der Waals surface area contributed by atoms with Crippen molar-refractivity contribution in [2.24, 2.45) is 17.3 Å². The van der Waals surface area contributed by atoms with Crippen LogP contribution in [-0.2, 0) is 23.1 Å². The van der Waals surface area contributed by atoms with Crippen molar-refractivity contribution < 1.29 is 22.2 Å². The Hall–Kier alpha value is -1.89. The first-order valence-corrected chi connectivity index (χ1v) is 14.0. The molecule has 0 bridgehead atoms. The molecule has 0 aliphatic heterocycles. The summed E-state index contributed by atoms with van der Waals surface area (Å²) in [5, 5.41) is 10.6. The zero-order valence-electron chi connectivity index (χ0n) is 20.8. The van der Waals surface area contributed by atoms with Gasteiger partial charge in [0.1, 0.15) is 17.2 Å². The summed E-state index contributed by atoms with van der Waals surface area (Å²) in [6.07, 6.45) is 6.10. The van der Waals surface area contributed by atoms with Crippen LogP contribution in [0.2, 0.25) is 0 Å². The molecule has 3 aliphatic rings. The van der Waals surface area contributed by atoms with Crippen molar-refractivity contribution in [1.82, 2.24) is 0 Å². The fourth-order valence-corrected chi connectivity index (χ4v) is 7.99. The maximum absolute atomic E-state index is 12.9. The van der Waals surface area contributed by atoms with Gasteiger partial charge in [-0.05, 0) is 97.1 Å². The molecule has 1 N–H and O–H groups in total. The Labute approximate surface area is 204 Å². The van der Waals surface area contributed by atoms with Crippen LogP contribution >= 0.6 is 0 Å². The largest absolute Gasteiger partial charge is 0.393 e. The summed E-state index contributed by atoms with van der Waals surface area (Å²) < 4.78 is 32.2. The van der Waals surface area contributed by atoms with Gasteiger partial charge in [-0.1, -0.05) is 25.1 Å². The number of fused-ring (bicyclic) bond motifs is 5. The smallest absolute Gasteiger partial charge is 0.339 e. The highest BCUT2D eigenvalue weighted by Crippen LogP contribution is 2.60. The highest BCUT2D eigenvalue weighted by Gasteiger charge is 2.54. The lowest BCUT2D eigenvalue weighted by molar-refractivity contribution is -0.884. The summed E-state index contributed by atoms with van der Waals surface area (Å²) in [7, 11) is 2.44. The highest BCUT2D eigenvalue weighted by molar-refractivity contribution is 7.87. The molecule has 2 saturated carbocycles. The van der Waals surface area contributed by atoms with Gasteiger partial charge in [0.05, 0.1) is 27.2 Å². The molecule has 6 heteroatoms. The van der Waals surface area contributed by atoms with Gasteiger partial charge in [-0.2, -0.15) is 8.42 Å². The van der Waals surface area contributed by atoms with Gasteiger partial charge in [-0.3, -0.25) is 0 Å². The van der Waals surface area contributed by atoms with Crippen LogP contribution in [0, 0.1) is 17.3 Å². The number of benzene rings is 2. The van der Waals surface area contributed by atoms with Gasteiger partial charge in [-0.25, -0.2) is 0 Å². The third-order valence-corrected chi connectivity index (χ3v) is 9.98. The van der Waals surface area contributed by atoms with E-state index in [4.69, 9.17) is 4.18 Å². The summed E-state index contributed by atoms with van der Waals surface area (Å²) in [4.78, 5) is 0.182. The van der Waals surface area contributed by atoms with Crippen molar-refractivity contribution in [1.29, 1.82) is 0 Å². The Morgan fingerprint density at radius 3 is 2.47 bits per heavy atom. The number of nitrogens with zero attached hydrogens (tertiary/aromatic N) is 1. The van der Waals surface area contributed by atoms with E-state index in [9.17, 15) is 13.5 Å². The molecule has 0 heterocycles. The predicted molar refractivity (Wildman–Crippen MR) is 133 cm³/mol. The summed E-state index contributed by atoms with van der Waals surface area (Å²) in [5.41, 5.74) is 3.73. The van der Waals surface area contributed by atoms with Gasteiger partial charge in [0.2, 0.25) is 0 Å². The van der Waals surface area contributed by atoms with Crippen LogP contribution in [0.3, 0.4) is 0 Å². The van der Waals surface area contributed by atoms with Crippen molar-refractivity contribution >= 4 is 10.1 Å². The van der Waals surface area contributed by atoms with Gasteiger partial charge in [0.15, 0.2) is 0 Å². The molecule has 0 radical (unpaired) electrons. The first-order chi connectivity index (χ1) is 16.0. The number of aryl methyl sites for hydroxylation is 1. The van der Waals surface area contributed by atoms with E-state index < -0.39 is 10.1 Å². The summed E-state index contributed by atoms with van der Waals surface area (Å²) in [6.45, 7) is 3.12. The molecule has 3 aliphatic carbocycles. The number of hydrogen-bond donors (Lipinski definition) is 1. The zero-order valence-corrected chi connectivity index (χ0v) is 21.6. The van der Waals surface area contributed by atoms with E-state index in [2.05, 4.69) is 34.1 Å². The molecule has 2 aromatic rings. The van der Waals surface area contributed by atoms with Crippen molar-refractivity contribution in [2.75, 3.05) is 21.1 Å². The van der Waals surface area contributed by atoms with Gasteiger partial charge in [0.25, 0.3) is 0 Å². The van der Waals surface area contributed by atoms with Crippen LogP contribution in [0.15, 0.2) is 47.4 Å². The topological polar surface area (TPSA) is 63.6 Å². The van der Waals surface area contributed by atoms with E-state index >= 15 is 0 Å². The number of hydrogen-bond acceptors (Lipinski definition) is 4. The second kappa shape index (κ2) is 8.35. The van der Waals surface area contributed by atoms with Crippen molar-refractivity contribution in [2.45, 2.75) is 68.9 Å². The summed E-state index contributed by atoms with van der Waals surface area (Å²) in [6, 6.07) is 12.9. The minimum absolute atomic E-state index is 0.0667. The number of rotatable bonds is 5. The first-order valence-electron chi connectivity index (χ1n) is 12.6. The summed E-state index contributed by atoms with van der Waals surface area (Å²) >= 11 is 0. The van der Waals surface area contributed by atoms with Crippen LogP contribution in [-0.4, -0.2) is 45.3 Å². The molecule has 5 atom stereocenters. The summed E-state index contributed by atoms with van der Waals surface area (Å²) in [5.74, 6) is 2.10. The zero-order chi connectivity index (χ0) is 24.3. The second-order valence-corrected chi connectivity index (χ2v) is 13.6. The fraction of sp³-hybridized carbons (Fsp3) is 0.571. The monoisotopic (exact) mass is 484 g/mol. The Balaban J connectivity index is 1.33. The van der Waals surface area contributed by atoms with Crippen molar-refractivity contribution in [3.05, 3.63) is 59.2 Å². The van der Waals surface area contributed by atoms with Gasteiger partial charge in [0, 0.05) is 5.56 Å². The molecule has 5 rings (SSSR count). The minimum Gasteiger partial charge on any atom is -0.393 e. The molecule has 2 fully saturated rings. The Morgan fingerprint density at radius 1 is 1.03 bits per heavy atom. The quantitative estimate of drug-likeness (QED) is 0.485. The Bertz CT molecular complexity index is 1170. The van der Waals surface area contributed by atoms with Crippen LogP contribution < -0.4 is 4.18 Å². The minimum atomic E-state index is -3.88. The van der Waals surface area contributed by atoms with Crippen molar-refractivity contribution in [3.63, 3.8) is 0 Å². The number of quaternary nitrogens is 1. The molecule has 184 valence electrons. The lowest BCUT2D eigenvalue weighted by Crippen LogP contribution is -2.43. The molecule has 0 saturated heterocycles. The van der Waals surface area contributed by atoms with Crippen LogP contribution in [0.4, 0.5) is 0 Å². The lowest BCUT2D eigenvalue weighted by Gasteiger charge is -2.50. The van der Waals surface area contributed by atoms with E-state index in [0.717, 1.165) is 55.1 Å². The average Bonchev–Trinajstić information content (AvgIpc) is 3.07. The second-order valence-electron chi connectivity index (χ2n) is 12.0. The molecular formula is C28H38NO4S+. The molecule has 34 heavy (non-hydrogen) atoms. The van der Waals surface area contributed by atoms with Crippen LogP contribution in [0.5, 0.6) is 5.75 Å². The van der Waals surface area contributed by atoms with E-state index in [-0.39, 0.29) is 16.4 Å². The van der Waals surface area contributed by atoms with E-state index in [0.29, 0.717) is 23.5 Å². The van der Waals surface area contributed by atoms with Crippen LogP contribution in [0.1, 0.15) is 61.6 Å². The average molecular weight is 485 g/mol. The normalized spacial score (nSPS) is 30.9. The standard InChI is InChI=1S/C28H38NO4S/c1-28-16-15-24-23-12-8-21(17-20(23)7-11-25(24)26(28)13-14-27(28)30)33-34(31,32)22-9-5-19(6-10-22)18-29(2,3)4/h5-6,8-10,12,17,24-27,30H,7,11,13-16,18H2,1-4H3/q+1/t24-,25-,26+,27+,28+/m1/s1. The SMILES string of the molecule is C[C@]12CC[C@@H]3c4ccc(OS(=O)(=O)c5ccc(C[N+](C)(C)C)cc5)cc4CC[C@H]3[C@@H]1CC[C@@H]2O. The maximum atomic E-state index is 12.9. The molecule has 0 spiro atoms. The fourth-order valence-electron chi connectivity index (χ4n) is 7.07. The molecular weight excluding hydrogens is 446 g/mol. The first kappa shape index (κ1) is 23.8. The van der Waals surface area contributed by atoms with E-state index in [1.54, 1.807) is 12.1 Å². The maximum Gasteiger partial charge on any atom is 0.339 e. The predicted octanol–water partition coefficient (Wildman–Crippen LogP) is 4.88. The molecule has 0 amide bonds. The Kier molecular flexibility index (Phi) is 5.85. The lowest BCUT2D eigenvalue weighted by atomic mass is 9.55. The van der Waals surface area contributed by atoms with Gasteiger partial charge >= 0.3 is 10.1 Å². The van der Waals surface area contributed by atoms with Gasteiger partial charge in [-0.15, -0.1) is 0 Å². The molecule has 0 unspecified atom stereocenters. The highest BCUT2D eigenvalue weighted by atomic mass is 32.2. The third-order valence-electron chi connectivity index (χ3n) is 8.72. The third kappa shape index (κ3) is 4.29. The molecule has 5 nitrogen and oxygen atoms in total. The van der Waals surface area contributed by atoms with Crippen molar-refractivity contribution in [3.8, 4) is 5.75 Å². The van der Waals surface area contributed by atoms with E-state index in [1.165, 1.54) is 11.1 Å². The van der Waals surface area contributed by atoms with E-state index in [1.807, 2.05) is 24.3 Å². The molecule has 0 aromatic heterocycles. The van der Waals surface area contributed by atoms with Crippen LogP contribution in [0.25, 0.3) is 0 Å². The van der Waals surface area contributed by atoms with Gasteiger partial charge < -0.3 is 13.8 Å². The molecule has 2 aromatic carbocycles.